The molecule has 430 valence electrons. The monoisotopic (exact) mass is 1170 g/mol. The molecule has 0 fully saturated rings. The Bertz CT molecular complexity index is 5140. The van der Waals surface area contributed by atoms with Gasteiger partial charge in [-0.1, -0.05) is 84.9 Å². The average molecular weight is 1170 g/mol. The molecule has 0 aliphatic rings. The number of nitrogens with zero attached hydrogens (tertiary/aromatic N) is 18. The topological polar surface area (TPSA) is 227 Å². The number of fused-ring (bicyclic) bond motifs is 6. The van der Waals surface area contributed by atoms with E-state index in [1.807, 2.05) is 165 Å². The molecule has 0 saturated carbocycles. The Labute approximate surface area is 516 Å². The maximum absolute atomic E-state index is 11.9. The third-order valence-corrected chi connectivity index (χ3v) is 15.9. The summed E-state index contributed by atoms with van der Waals surface area (Å²) in [4.78, 5) is 71.7. The Kier molecular flexibility index (Phi) is 13.1. The molecule has 0 aliphatic carbocycles. The molecule has 0 bridgehead atoms. The number of benzene rings is 8. The van der Waals surface area contributed by atoms with E-state index in [1.165, 1.54) is 0 Å². The van der Waals surface area contributed by atoms with E-state index in [0.29, 0.717) is 104 Å². The van der Waals surface area contributed by atoms with Gasteiger partial charge in [0.2, 0.25) is 0 Å². The molecule has 0 aliphatic heterocycles. The van der Waals surface area contributed by atoms with Gasteiger partial charge in [0.15, 0.2) is 40.8 Å². The number of hydrogen-bond donors (Lipinski definition) is 0. The van der Waals surface area contributed by atoms with Gasteiger partial charge in [-0.15, -0.1) is 0 Å². The molecule has 0 saturated heterocycles. The van der Waals surface area contributed by atoms with Crippen LogP contribution in [0.15, 0.2) is 170 Å². The molecule has 0 radical (unpaired) electrons. The van der Waals surface area contributed by atoms with E-state index in [9.17, 15) is 5.26 Å². The average Bonchev–Trinajstić information content (AvgIpc) is 1.56. The minimum atomic E-state index is 0.440. The number of aryl methyl sites for hydroxylation is 8. The minimum Gasteiger partial charge on any atom is -0.309 e. The predicted octanol–water partition coefficient (Wildman–Crippen LogP) is 14.5. The largest absolute Gasteiger partial charge is 0.309 e. The van der Waals surface area contributed by atoms with Gasteiger partial charge < -0.3 is 9.13 Å². The number of hydrogen-bond acceptors (Lipinski definition) is 16. The Morgan fingerprint density at radius 3 is 0.900 bits per heavy atom. The third-order valence-electron chi connectivity index (χ3n) is 15.9. The highest BCUT2D eigenvalue weighted by Gasteiger charge is 2.26. The van der Waals surface area contributed by atoms with Gasteiger partial charge in [0.05, 0.1) is 39.0 Å². The van der Waals surface area contributed by atoms with E-state index in [-0.39, 0.29) is 0 Å². The van der Waals surface area contributed by atoms with E-state index >= 15 is 0 Å². The van der Waals surface area contributed by atoms with Crippen LogP contribution in [0.1, 0.15) is 52.2 Å². The quantitative estimate of drug-likeness (QED) is 0.124. The Morgan fingerprint density at radius 2 is 0.556 bits per heavy atom. The van der Waals surface area contributed by atoms with Crippen LogP contribution < -0.4 is 0 Å². The minimum absolute atomic E-state index is 0.440. The second-order valence-electron chi connectivity index (χ2n) is 22.2. The summed E-state index contributed by atoms with van der Waals surface area (Å²) in [6.45, 7) is 15.0. The van der Waals surface area contributed by atoms with Crippen LogP contribution >= 0.6 is 0 Å². The van der Waals surface area contributed by atoms with Gasteiger partial charge >= 0.3 is 0 Å². The molecule has 7 heterocycles. The molecule has 18 heteroatoms. The van der Waals surface area contributed by atoms with Crippen LogP contribution in [0.2, 0.25) is 0 Å². The lowest BCUT2D eigenvalue weighted by molar-refractivity contribution is 0.928. The fourth-order valence-electron chi connectivity index (χ4n) is 12.2. The fourth-order valence-corrected chi connectivity index (χ4v) is 12.2. The number of nitriles is 1. The zero-order chi connectivity index (χ0) is 61.5. The highest BCUT2D eigenvalue weighted by Crippen LogP contribution is 2.44. The lowest BCUT2D eigenvalue weighted by Crippen LogP contribution is -2.04. The molecule has 0 unspecified atom stereocenters. The van der Waals surface area contributed by atoms with Crippen LogP contribution in [0.25, 0.3) is 146 Å². The number of rotatable bonds is 10. The molecule has 18 nitrogen and oxygen atoms in total. The zero-order valence-corrected chi connectivity index (χ0v) is 50.2. The van der Waals surface area contributed by atoms with E-state index in [0.717, 1.165) is 93.8 Å². The maximum Gasteiger partial charge on any atom is 0.164 e. The van der Waals surface area contributed by atoms with Crippen LogP contribution in [-0.2, 0) is 0 Å². The maximum atomic E-state index is 11.9. The van der Waals surface area contributed by atoms with Crippen LogP contribution in [-0.4, -0.2) is 83.9 Å². The summed E-state index contributed by atoms with van der Waals surface area (Å²) in [6.07, 6.45) is 0. The first kappa shape index (κ1) is 54.5. The summed E-state index contributed by atoms with van der Waals surface area (Å²) < 4.78 is 4.43. The molecule has 0 amide bonds. The van der Waals surface area contributed by atoms with Crippen molar-refractivity contribution >= 4 is 43.6 Å². The molecule has 15 aromatic rings. The van der Waals surface area contributed by atoms with Crippen molar-refractivity contribution in [1.29, 1.82) is 5.26 Å². The van der Waals surface area contributed by atoms with Crippen molar-refractivity contribution in [3.63, 3.8) is 0 Å². The summed E-state index contributed by atoms with van der Waals surface area (Å²) in [5.41, 5.74) is 12.5. The molecular formula is C72H52N18. The summed E-state index contributed by atoms with van der Waals surface area (Å²) >= 11 is 0. The summed E-state index contributed by atoms with van der Waals surface area (Å²) in [5.74, 6) is 8.72. The van der Waals surface area contributed by atoms with E-state index in [2.05, 4.69) is 95.8 Å². The lowest BCUT2D eigenvalue weighted by Gasteiger charge is -2.19. The highest BCUT2D eigenvalue weighted by atomic mass is 15.1. The first-order valence-electron chi connectivity index (χ1n) is 29.3. The van der Waals surface area contributed by atoms with Gasteiger partial charge in [-0.2, -0.15) is 5.26 Å². The first-order chi connectivity index (χ1) is 43.8. The normalized spacial score (nSPS) is 11.5. The summed E-state index contributed by atoms with van der Waals surface area (Å²) in [7, 11) is 0. The number of aromatic nitrogens is 17. The SMILES string of the molecule is Cc1nc(C)nc(-c2ccc3c(c2)c2cc(-c4nc(C)nc(C)n4)ccc2n3-c2cc(-c3nc(-c4ccccc4)nc(-c4ccccc4)n3)ccc2-c2cccc(-n3c4ccc(-c5nc(C)nc(C)n5)cc4c4cc(-c5nc(C)nc(C)n5)ccc43)c2C#N)n1. The molecule has 7 aromatic heterocycles. The van der Waals surface area contributed by atoms with Crippen molar-refractivity contribution in [2.24, 2.45) is 0 Å². The van der Waals surface area contributed by atoms with E-state index < -0.39 is 0 Å². The molecule has 8 aromatic carbocycles. The van der Waals surface area contributed by atoms with E-state index in [1.54, 1.807) is 0 Å². The standard InChI is InChI=1S/C72H52N18/c1-38-74-39(2)79-68(78-38)48-23-28-61-55(32-48)56-33-49(69-80-40(3)75-41(4)81-69)24-29-62(56)89(61)60-21-15-20-53(59(60)37-73)54-27-22-52(72-87-66(46-16-11-9-12-17-46)86-67(88-72)47-18-13-10-14-19-47)36-65(54)90-63-30-25-50(70-82-42(5)76-43(6)83-70)34-57(63)58-35-51(26-31-64(58)90)71-84-44(7)77-45(8)85-71/h9-36H,1-8H3. The van der Waals surface area contributed by atoms with Crippen molar-refractivity contribution in [1.82, 2.24) is 83.9 Å². The Morgan fingerprint density at radius 1 is 0.256 bits per heavy atom. The van der Waals surface area contributed by atoms with Crippen molar-refractivity contribution < 1.29 is 0 Å². The molecule has 0 atom stereocenters. The van der Waals surface area contributed by atoms with Crippen molar-refractivity contribution in [3.05, 3.63) is 222 Å². The van der Waals surface area contributed by atoms with Gasteiger partial charge in [-0.25, -0.2) is 74.8 Å². The third kappa shape index (κ3) is 9.76. The summed E-state index contributed by atoms with van der Waals surface area (Å²) in [6, 6.07) is 59.9. The predicted molar refractivity (Wildman–Crippen MR) is 348 cm³/mol. The van der Waals surface area contributed by atoms with Crippen LogP contribution in [0.3, 0.4) is 0 Å². The molecular weight excluding hydrogens is 1120 g/mol. The fraction of sp³-hybridized carbons (Fsp3) is 0.111. The zero-order valence-electron chi connectivity index (χ0n) is 50.2. The molecule has 90 heavy (non-hydrogen) atoms. The van der Waals surface area contributed by atoms with Crippen LogP contribution in [0.5, 0.6) is 0 Å². The molecule has 0 spiro atoms. The van der Waals surface area contributed by atoms with Gasteiger partial charge in [-0.05, 0) is 140 Å². The second kappa shape index (κ2) is 21.7. The van der Waals surface area contributed by atoms with Crippen molar-refractivity contribution in [2.75, 3.05) is 0 Å². The van der Waals surface area contributed by atoms with Crippen LogP contribution in [0.4, 0.5) is 0 Å². The molecule has 0 N–H and O–H groups in total. The van der Waals surface area contributed by atoms with Gasteiger partial charge in [0, 0.05) is 71.6 Å². The van der Waals surface area contributed by atoms with Crippen molar-refractivity contribution in [3.8, 4) is 108 Å². The Hall–Kier alpha value is -12.1. The highest BCUT2D eigenvalue weighted by molar-refractivity contribution is 6.13. The van der Waals surface area contributed by atoms with E-state index in [4.69, 9.17) is 54.8 Å². The lowest BCUT2D eigenvalue weighted by atomic mass is 9.95. The van der Waals surface area contributed by atoms with Crippen LogP contribution in [0, 0.1) is 66.7 Å². The van der Waals surface area contributed by atoms with Gasteiger partial charge in [-0.3, -0.25) is 0 Å². The van der Waals surface area contributed by atoms with Gasteiger partial charge in [0.25, 0.3) is 0 Å². The summed E-state index contributed by atoms with van der Waals surface area (Å²) in [5, 5.41) is 15.6. The molecule has 15 rings (SSSR count). The second-order valence-corrected chi connectivity index (χ2v) is 22.2. The van der Waals surface area contributed by atoms with Gasteiger partial charge in [0.1, 0.15) is 52.7 Å². The van der Waals surface area contributed by atoms with Crippen molar-refractivity contribution in [2.45, 2.75) is 55.4 Å². The Balaban J connectivity index is 1.01. The first-order valence-corrected chi connectivity index (χ1v) is 29.3. The smallest absolute Gasteiger partial charge is 0.164 e.